The van der Waals surface area contributed by atoms with Crippen molar-refractivity contribution in [2.75, 3.05) is 39.3 Å². The molecule has 5 heteroatoms. The van der Waals surface area contributed by atoms with Gasteiger partial charge in [-0.25, -0.2) is 0 Å². The van der Waals surface area contributed by atoms with Crippen LogP contribution in [0.2, 0.25) is 0 Å². The van der Waals surface area contributed by atoms with Crippen LogP contribution in [0.1, 0.15) is 33.6 Å². The zero-order valence-corrected chi connectivity index (χ0v) is 13.1. The van der Waals surface area contributed by atoms with Gasteiger partial charge in [0.1, 0.15) is 0 Å². The van der Waals surface area contributed by atoms with Crippen LogP contribution >= 0.6 is 0 Å². The largest absolute Gasteiger partial charge is 0.374 e. The number of hydrogen-bond donors (Lipinski definition) is 1. The third kappa shape index (κ3) is 3.71. The SMILES string of the molecule is CCN(CC)C(=O)C(C)NCC1CN2CCCC2CO1. The number of amides is 1. The van der Waals surface area contributed by atoms with Crippen LogP contribution < -0.4 is 5.32 Å². The summed E-state index contributed by atoms with van der Waals surface area (Å²) in [4.78, 5) is 16.6. The van der Waals surface area contributed by atoms with E-state index in [1.165, 1.54) is 19.4 Å². The number of likely N-dealkylation sites (N-methyl/N-ethyl adjacent to an activating group) is 1. The van der Waals surface area contributed by atoms with Gasteiger partial charge in [-0.2, -0.15) is 0 Å². The van der Waals surface area contributed by atoms with Crippen molar-refractivity contribution in [3.05, 3.63) is 0 Å². The maximum absolute atomic E-state index is 12.2. The standard InChI is InChI=1S/C15H29N3O2/c1-4-17(5-2)15(19)12(3)16-9-14-10-18-8-6-7-13(18)11-20-14/h12-14,16H,4-11H2,1-3H3. The lowest BCUT2D eigenvalue weighted by Crippen LogP contribution is -2.52. The van der Waals surface area contributed by atoms with Crippen molar-refractivity contribution >= 4 is 5.91 Å². The van der Waals surface area contributed by atoms with Gasteiger partial charge in [0.2, 0.25) is 5.91 Å². The molecule has 2 aliphatic rings. The first-order valence-corrected chi connectivity index (χ1v) is 8.03. The van der Waals surface area contributed by atoms with Gasteiger partial charge in [-0.05, 0) is 40.2 Å². The van der Waals surface area contributed by atoms with Gasteiger partial charge in [0.25, 0.3) is 0 Å². The molecule has 0 aromatic heterocycles. The predicted octanol–water partition coefficient (Wildman–Crippen LogP) is 0.696. The molecule has 20 heavy (non-hydrogen) atoms. The first-order chi connectivity index (χ1) is 9.65. The average Bonchev–Trinajstić information content (AvgIpc) is 2.93. The summed E-state index contributed by atoms with van der Waals surface area (Å²) < 4.78 is 5.91. The van der Waals surface area contributed by atoms with Gasteiger partial charge in [-0.15, -0.1) is 0 Å². The van der Waals surface area contributed by atoms with Crippen molar-refractivity contribution in [3.8, 4) is 0 Å². The minimum atomic E-state index is -0.130. The van der Waals surface area contributed by atoms with E-state index in [9.17, 15) is 4.79 Å². The molecule has 2 fully saturated rings. The molecule has 0 spiro atoms. The molecule has 1 amide bonds. The van der Waals surface area contributed by atoms with Crippen molar-refractivity contribution in [2.24, 2.45) is 0 Å². The number of carbonyl (C=O) groups is 1. The number of carbonyl (C=O) groups excluding carboxylic acids is 1. The Morgan fingerprint density at radius 3 is 2.90 bits per heavy atom. The lowest BCUT2D eigenvalue weighted by molar-refractivity contribution is -0.133. The number of morpholine rings is 1. The minimum Gasteiger partial charge on any atom is -0.374 e. The smallest absolute Gasteiger partial charge is 0.239 e. The fourth-order valence-corrected chi connectivity index (χ4v) is 3.21. The molecule has 0 aromatic rings. The van der Waals surface area contributed by atoms with Gasteiger partial charge in [0.15, 0.2) is 0 Å². The maximum atomic E-state index is 12.2. The van der Waals surface area contributed by atoms with Crippen LogP contribution in [0, 0.1) is 0 Å². The monoisotopic (exact) mass is 283 g/mol. The number of hydrogen-bond acceptors (Lipinski definition) is 4. The number of ether oxygens (including phenoxy) is 1. The molecule has 5 nitrogen and oxygen atoms in total. The zero-order chi connectivity index (χ0) is 14.5. The fourth-order valence-electron chi connectivity index (χ4n) is 3.21. The van der Waals surface area contributed by atoms with Gasteiger partial charge < -0.3 is 15.0 Å². The predicted molar refractivity (Wildman–Crippen MR) is 79.7 cm³/mol. The van der Waals surface area contributed by atoms with Gasteiger partial charge in [-0.3, -0.25) is 9.69 Å². The lowest BCUT2D eigenvalue weighted by Gasteiger charge is -2.35. The van der Waals surface area contributed by atoms with E-state index in [4.69, 9.17) is 4.74 Å². The fraction of sp³-hybridized carbons (Fsp3) is 0.933. The first-order valence-electron chi connectivity index (χ1n) is 8.03. The van der Waals surface area contributed by atoms with Crippen LogP contribution in [-0.4, -0.2) is 73.2 Å². The topological polar surface area (TPSA) is 44.8 Å². The van der Waals surface area contributed by atoms with Crippen LogP contribution in [-0.2, 0) is 9.53 Å². The van der Waals surface area contributed by atoms with Crippen LogP contribution in [0.25, 0.3) is 0 Å². The van der Waals surface area contributed by atoms with E-state index in [0.717, 1.165) is 32.8 Å². The molecule has 3 atom stereocenters. The molecule has 2 saturated heterocycles. The average molecular weight is 283 g/mol. The Kier molecular flexibility index (Phi) is 5.81. The van der Waals surface area contributed by atoms with E-state index < -0.39 is 0 Å². The second-order valence-electron chi connectivity index (χ2n) is 5.89. The normalized spacial score (nSPS) is 28.1. The highest BCUT2D eigenvalue weighted by molar-refractivity contribution is 5.81. The molecule has 0 aliphatic carbocycles. The number of rotatable bonds is 6. The molecular formula is C15H29N3O2. The summed E-state index contributed by atoms with van der Waals surface area (Å²) in [7, 11) is 0. The summed E-state index contributed by atoms with van der Waals surface area (Å²) in [6, 6.07) is 0.510. The maximum Gasteiger partial charge on any atom is 0.239 e. The van der Waals surface area contributed by atoms with Gasteiger partial charge in [-0.1, -0.05) is 0 Å². The summed E-state index contributed by atoms with van der Waals surface area (Å²) in [5.74, 6) is 0.185. The molecule has 2 heterocycles. The lowest BCUT2D eigenvalue weighted by atomic mass is 10.2. The highest BCUT2D eigenvalue weighted by atomic mass is 16.5. The Labute approximate surface area is 122 Å². The van der Waals surface area contributed by atoms with E-state index in [0.29, 0.717) is 6.04 Å². The quantitative estimate of drug-likeness (QED) is 0.779. The van der Waals surface area contributed by atoms with E-state index in [1.807, 2.05) is 25.7 Å². The minimum absolute atomic E-state index is 0.130. The van der Waals surface area contributed by atoms with Crippen LogP contribution in [0.3, 0.4) is 0 Å². The molecule has 1 N–H and O–H groups in total. The zero-order valence-electron chi connectivity index (χ0n) is 13.1. The number of nitrogens with zero attached hydrogens (tertiary/aromatic N) is 2. The van der Waals surface area contributed by atoms with Crippen molar-refractivity contribution < 1.29 is 9.53 Å². The summed E-state index contributed by atoms with van der Waals surface area (Å²) in [6.45, 7) is 11.4. The second-order valence-corrected chi connectivity index (χ2v) is 5.89. The van der Waals surface area contributed by atoms with Crippen molar-refractivity contribution in [2.45, 2.75) is 51.8 Å². The summed E-state index contributed by atoms with van der Waals surface area (Å²) in [5, 5.41) is 3.34. The van der Waals surface area contributed by atoms with Crippen LogP contribution in [0.5, 0.6) is 0 Å². The Hall–Kier alpha value is -0.650. The van der Waals surface area contributed by atoms with E-state index in [-0.39, 0.29) is 18.1 Å². The Balaban J connectivity index is 1.73. The summed E-state index contributed by atoms with van der Waals surface area (Å²) >= 11 is 0. The third-order valence-corrected chi connectivity index (χ3v) is 4.56. The van der Waals surface area contributed by atoms with E-state index >= 15 is 0 Å². The molecule has 2 aliphatic heterocycles. The first kappa shape index (κ1) is 15.7. The third-order valence-electron chi connectivity index (χ3n) is 4.56. The molecule has 0 saturated carbocycles. The number of fused-ring (bicyclic) bond motifs is 1. The van der Waals surface area contributed by atoms with E-state index in [1.54, 1.807) is 0 Å². The van der Waals surface area contributed by atoms with Crippen LogP contribution in [0.15, 0.2) is 0 Å². The molecule has 0 radical (unpaired) electrons. The second kappa shape index (κ2) is 7.38. The highest BCUT2D eigenvalue weighted by Gasteiger charge is 2.32. The highest BCUT2D eigenvalue weighted by Crippen LogP contribution is 2.22. The molecule has 0 aromatic carbocycles. The van der Waals surface area contributed by atoms with Gasteiger partial charge >= 0.3 is 0 Å². The molecule has 2 rings (SSSR count). The Bertz CT molecular complexity index is 320. The molecule has 3 unspecified atom stereocenters. The van der Waals surface area contributed by atoms with E-state index in [2.05, 4.69) is 10.2 Å². The van der Waals surface area contributed by atoms with Crippen molar-refractivity contribution in [3.63, 3.8) is 0 Å². The van der Waals surface area contributed by atoms with Gasteiger partial charge in [0, 0.05) is 32.2 Å². The number of nitrogens with one attached hydrogen (secondary N) is 1. The summed E-state index contributed by atoms with van der Waals surface area (Å²) in [5.41, 5.74) is 0. The molecule has 116 valence electrons. The summed E-state index contributed by atoms with van der Waals surface area (Å²) in [6.07, 6.45) is 2.79. The molecular weight excluding hydrogens is 254 g/mol. The molecule has 0 bridgehead atoms. The van der Waals surface area contributed by atoms with Crippen molar-refractivity contribution in [1.82, 2.24) is 15.1 Å². The van der Waals surface area contributed by atoms with Crippen molar-refractivity contribution in [1.29, 1.82) is 0 Å². The van der Waals surface area contributed by atoms with Gasteiger partial charge in [0.05, 0.1) is 18.8 Å². The Morgan fingerprint density at radius 2 is 2.20 bits per heavy atom. The Morgan fingerprint density at radius 1 is 1.45 bits per heavy atom. The van der Waals surface area contributed by atoms with Crippen LogP contribution in [0.4, 0.5) is 0 Å².